The monoisotopic (exact) mass is 404 g/mol. The minimum absolute atomic E-state index is 0.141. The third-order valence-corrected chi connectivity index (χ3v) is 10.4. The lowest BCUT2D eigenvalue weighted by molar-refractivity contribution is -0.151. The van der Waals surface area contributed by atoms with Crippen LogP contribution in [0.5, 0.6) is 0 Å². The third kappa shape index (κ3) is 3.53. The molecule has 29 heavy (non-hydrogen) atoms. The van der Waals surface area contributed by atoms with Crippen LogP contribution in [-0.2, 0) is 14.3 Å². The van der Waals surface area contributed by atoms with Gasteiger partial charge in [-0.1, -0.05) is 20.8 Å². The molecular formula is C25H40O4. The Bertz CT molecular complexity index is 632. The fourth-order valence-electron chi connectivity index (χ4n) is 8.95. The van der Waals surface area contributed by atoms with Gasteiger partial charge in [-0.2, -0.15) is 0 Å². The minimum atomic E-state index is -0.652. The molecule has 0 aromatic rings. The van der Waals surface area contributed by atoms with E-state index >= 15 is 0 Å². The highest BCUT2D eigenvalue weighted by atomic mass is 16.5. The fourth-order valence-corrected chi connectivity index (χ4v) is 8.95. The molecule has 0 aromatic heterocycles. The molecule has 4 nitrogen and oxygen atoms in total. The predicted molar refractivity (Wildman–Crippen MR) is 112 cm³/mol. The molecular weight excluding hydrogens is 364 g/mol. The van der Waals surface area contributed by atoms with Crippen molar-refractivity contribution in [3.63, 3.8) is 0 Å². The van der Waals surface area contributed by atoms with Gasteiger partial charge in [-0.05, 0) is 111 Å². The molecule has 1 N–H and O–H groups in total. The Kier molecular flexibility index (Phi) is 5.76. The lowest BCUT2D eigenvalue weighted by Crippen LogP contribution is -2.54. The van der Waals surface area contributed by atoms with Gasteiger partial charge in [0, 0.05) is 6.42 Å². The van der Waals surface area contributed by atoms with Crippen molar-refractivity contribution in [2.75, 3.05) is 0 Å². The van der Waals surface area contributed by atoms with Gasteiger partial charge in [0.25, 0.3) is 6.47 Å². The Labute approximate surface area is 176 Å². The number of carbonyl (C=O) groups is 2. The second-order valence-corrected chi connectivity index (χ2v) is 11.4. The topological polar surface area (TPSA) is 63.6 Å². The quantitative estimate of drug-likeness (QED) is 0.578. The summed E-state index contributed by atoms with van der Waals surface area (Å²) in [4.78, 5) is 21.9. The van der Waals surface area contributed by atoms with E-state index in [4.69, 9.17) is 9.84 Å². The number of aliphatic carboxylic acids is 1. The first-order valence-electron chi connectivity index (χ1n) is 12.1. The van der Waals surface area contributed by atoms with Gasteiger partial charge in [-0.3, -0.25) is 9.59 Å². The molecule has 0 amide bonds. The molecule has 0 spiro atoms. The second kappa shape index (κ2) is 7.89. The van der Waals surface area contributed by atoms with E-state index < -0.39 is 5.97 Å². The van der Waals surface area contributed by atoms with Gasteiger partial charge in [0.05, 0.1) is 0 Å². The van der Waals surface area contributed by atoms with E-state index in [2.05, 4.69) is 20.8 Å². The summed E-state index contributed by atoms with van der Waals surface area (Å²) in [5.74, 6) is 3.75. The normalized spacial score (nSPS) is 47.4. The molecule has 4 rings (SSSR count). The van der Waals surface area contributed by atoms with Crippen LogP contribution in [-0.4, -0.2) is 23.7 Å². The molecule has 4 heteroatoms. The summed E-state index contributed by atoms with van der Waals surface area (Å²) in [5.41, 5.74) is 0.820. The first-order chi connectivity index (χ1) is 13.8. The smallest absolute Gasteiger partial charge is 0.303 e. The summed E-state index contributed by atoms with van der Waals surface area (Å²) in [6.45, 7) is 8.05. The Morgan fingerprint density at radius 2 is 1.79 bits per heavy atom. The number of carboxylic acids is 1. The van der Waals surface area contributed by atoms with E-state index in [1.807, 2.05) is 0 Å². The van der Waals surface area contributed by atoms with Crippen molar-refractivity contribution in [1.29, 1.82) is 0 Å². The van der Waals surface area contributed by atoms with Crippen LogP contribution in [0, 0.1) is 46.3 Å². The van der Waals surface area contributed by atoms with Gasteiger partial charge in [0.15, 0.2) is 0 Å². The van der Waals surface area contributed by atoms with Crippen LogP contribution in [0.2, 0.25) is 0 Å². The molecule has 164 valence electrons. The van der Waals surface area contributed by atoms with E-state index in [0.29, 0.717) is 41.5 Å². The van der Waals surface area contributed by atoms with E-state index in [-0.39, 0.29) is 6.10 Å². The van der Waals surface area contributed by atoms with Crippen molar-refractivity contribution in [3.8, 4) is 0 Å². The first-order valence-corrected chi connectivity index (χ1v) is 12.1. The Hall–Kier alpha value is -1.06. The largest absolute Gasteiger partial charge is 0.481 e. The van der Waals surface area contributed by atoms with Crippen molar-refractivity contribution >= 4 is 12.4 Å². The molecule has 0 unspecified atom stereocenters. The number of hydrogen-bond acceptors (Lipinski definition) is 3. The van der Waals surface area contributed by atoms with Gasteiger partial charge >= 0.3 is 5.97 Å². The maximum atomic E-state index is 11.1. The number of hydrogen-bond donors (Lipinski definition) is 1. The molecule has 4 aliphatic rings. The summed E-state index contributed by atoms with van der Waals surface area (Å²) in [7, 11) is 0. The van der Waals surface area contributed by atoms with Gasteiger partial charge in [0.1, 0.15) is 6.10 Å². The predicted octanol–water partition coefficient (Wildman–Crippen LogP) is 5.69. The minimum Gasteiger partial charge on any atom is -0.481 e. The van der Waals surface area contributed by atoms with Crippen LogP contribution in [0.1, 0.15) is 91.4 Å². The van der Waals surface area contributed by atoms with Crippen molar-refractivity contribution in [3.05, 3.63) is 0 Å². The molecule has 0 heterocycles. The third-order valence-electron chi connectivity index (χ3n) is 10.4. The number of carboxylic acid groups (broad SMARTS) is 1. The van der Waals surface area contributed by atoms with Crippen LogP contribution in [0.3, 0.4) is 0 Å². The fraction of sp³-hybridized carbons (Fsp3) is 0.920. The zero-order valence-electron chi connectivity index (χ0n) is 18.6. The number of carbonyl (C=O) groups excluding carboxylic acids is 1. The van der Waals surface area contributed by atoms with E-state index in [1.54, 1.807) is 0 Å². The average Bonchev–Trinajstić information content (AvgIpc) is 3.04. The Morgan fingerprint density at radius 3 is 2.52 bits per heavy atom. The zero-order valence-corrected chi connectivity index (χ0v) is 18.6. The Balaban J connectivity index is 1.48. The molecule has 4 saturated carbocycles. The highest BCUT2D eigenvalue weighted by molar-refractivity contribution is 5.66. The first kappa shape index (κ1) is 21.2. The summed E-state index contributed by atoms with van der Waals surface area (Å²) in [5, 5.41) is 9.12. The molecule has 0 aromatic carbocycles. The summed E-state index contributed by atoms with van der Waals surface area (Å²) in [6.07, 6.45) is 12.5. The van der Waals surface area contributed by atoms with E-state index in [0.717, 1.165) is 37.0 Å². The maximum Gasteiger partial charge on any atom is 0.303 e. The number of ether oxygens (including phenoxy) is 1. The van der Waals surface area contributed by atoms with Gasteiger partial charge in [0.2, 0.25) is 0 Å². The Morgan fingerprint density at radius 1 is 1.07 bits per heavy atom. The summed E-state index contributed by atoms with van der Waals surface area (Å²) >= 11 is 0. The maximum absolute atomic E-state index is 11.1. The standard InChI is InChI=1S/C25H40O4/c1-16(4-9-23(27)28)20-7-8-21-19-6-5-17-14-18(29-15-26)10-12-24(17,2)22(19)11-13-25(20,21)3/h15-22H,4-14H2,1-3H3,(H,27,28)/t16-,17+,18+,19-,20+,21-,22-,24+,25-/m1/s1. The lowest BCUT2D eigenvalue weighted by atomic mass is 9.44. The van der Waals surface area contributed by atoms with Crippen LogP contribution in [0.4, 0.5) is 0 Å². The SMILES string of the molecule is C[C@H](CCC(=O)O)[C@@H]1CC[C@@H]2[C@H]3CC[C@H]4C[C@@H](OC=O)CC[C@]4(C)[C@@H]3CC[C@@]21C. The summed E-state index contributed by atoms with van der Waals surface area (Å²) < 4.78 is 5.36. The lowest BCUT2D eigenvalue weighted by Gasteiger charge is -2.61. The highest BCUT2D eigenvalue weighted by Gasteiger charge is 2.60. The molecule has 0 bridgehead atoms. The van der Waals surface area contributed by atoms with Crippen molar-refractivity contribution in [2.45, 2.75) is 97.5 Å². The van der Waals surface area contributed by atoms with Crippen LogP contribution < -0.4 is 0 Å². The molecule has 4 aliphatic carbocycles. The molecule has 0 aliphatic heterocycles. The second-order valence-electron chi connectivity index (χ2n) is 11.4. The van der Waals surface area contributed by atoms with E-state index in [9.17, 15) is 9.59 Å². The number of rotatable bonds is 6. The van der Waals surface area contributed by atoms with Gasteiger partial charge < -0.3 is 9.84 Å². The van der Waals surface area contributed by atoms with Crippen LogP contribution >= 0.6 is 0 Å². The van der Waals surface area contributed by atoms with Crippen molar-refractivity contribution < 1.29 is 19.4 Å². The molecule has 4 fully saturated rings. The number of fused-ring (bicyclic) bond motifs is 5. The van der Waals surface area contributed by atoms with Gasteiger partial charge in [-0.15, -0.1) is 0 Å². The van der Waals surface area contributed by atoms with Crippen molar-refractivity contribution in [2.24, 2.45) is 46.3 Å². The van der Waals surface area contributed by atoms with Gasteiger partial charge in [-0.25, -0.2) is 0 Å². The van der Waals surface area contributed by atoms with Crippen LogP contribution in [0.15, 0.2) is 0 Å². The molecule has 0 saturated heterocycles. The summed E-state index contributed by atoms with van der Waals surface area (Å²) in [6, 6.07) is 0. The van der Waals surface area contributed by atoms with Crippen molar-refractivity contribution in [1.82, 2.24) is 0 Å². The highest BCUT2D eigenvalue weighted by Crippen LogP contribution is 2.68. The average molecular weight is 405 g/mol. The van der Waals surface area contributed by atoms with Crippen LogP contribution in [0.25, 0.3) is 0 Å². The zero-order chi connectivity index (χ0) is 20.8. The molecule has 9 atom stereocenters. The van der Waals surface area contributed by atoms with E-state index in [1.165, 1.54) is 44.9 Å². The molecule has 0 radical (unpaired) electrons.